The molecule has 0 heterocycles. The third kappa shape index (κ3) is 3.92. The number of nitrogens with one attached hydrogen (secondary N) is 1. The lowest BCUT2D eigenvalue weighted by atomic mass is 10.2. The number of rotatable bonds is 4. The number of carbonyl (C=O) groups is 1. The summed E-state index contributed by atoms with van der Waals surface area (Å²) in [6.07, 6.45) is 0. The normalized spacial score (nSPS) is 9.62. The second kappa shape index (κ2) is 5.56. The van der Waals surface area contributed by atoms with E-state index in [1.54, 1.807) is 0 Å². The largest absolute Gasteiger partial charge is 0.271 e. The summed E-state index contributed by atoms with van der Waals surface area (Å²) in [5.74, 6) is -0.424. The van der Waals surface area contributed by atoms with Crippen molar-refractivity contribution in [2.45, 2.75) is 6.61 Å². The first-order valence-corrected chi connectivity index (χ1v) is 4.37. The second-order valence-electron chi connectivity index (χ2n) is 2.43. The van der Waals surface area contributed by atoms with Gasteiger partial charge in [-0.1, -0.05) is 30.3 Å². The molecule has 0 bridgehead atoms. The van der Waals surface area contributed by atoms with Crippen molar-refractivity contribution < 1.29 is 9.63 Å². The van der Waals surface area contributed by atoms with Crippen molar-refractivity contribution >= 4 is 17.5 Å². The van der Waals surface area contributed by atoms with Gasteiger partial charge in [-0.2, -0.15) is 0 Å². The van der Waals surface area contributed by atoms with Crippen LogP contribution in [0.5, 0.6) is 0 Å². The Morgan fingerprint density at radius 3 is 2.69 bits per heavy atom. The van der Waals surface area contributed by atoms with Gasteiger partial charge in [0.15, 0.2) is 0 Å². The molecule has 1 aromatic rings. The Labute approximate surface area is 81.6 Å². The molecule has 0 radical (unpaired) electrons. The van der Waals surface area contributed by atoms with Crippen molar-refractivity contribution in [2.75, 3.05) is 5.88 Å². The quantitative estimate of drug-likeness (QED) is 0.589. The minimum atomic E-state index is -0.336. The second-order valence-corrected chi connectivity index (χ2v) is 2.70. The van der Waals surface area contributed by atoms with Crippen LogP contribution in [0.1, 0.15) is 5.56 Å². The lowest BCUT2D eigenvalue weighted by molar-refractivity contribution is -0.131. The highest BCUT2D eigenvalue weighted by atomic mass is 35.5. The predicted octanol–water partition coefficient (Wildman–Crippen LogP) is 1.47. The zero-order chi connectivity index (χ0) is 9.52. The van der Waals surface area contributed by atoms with E-state index in [0.29, 0.717) is 6.61 Å². The Balaban J connectivity index is 2.24. The van der Waals surface area contributed by atoms with Crippen molar-refractivity contribution in [2.24, 2.45) is 0 Å². The van der Waals surface area contributed by atoms with E-state index in [9.17, 15) is 4.79 Å². The van der Waals surface area contributed by atoms with Gasteiger partial charge in [0.25, 0.3) is 5.91 Å². The highest BCUT2D eigenvalue weighted by molar-refractivity contribution is 6.27. The standard InChI is InChI=1S/C9H10ClNO2/c10-6-9(12)11-13-7-8-4-2-1-3-5-8/h1-5H,6-7H2,(H,11,12). The fourth-order valence-corrected chi connectivity index (χ4v) is 0.856. The van der Waals surface area contributed by atoms with Crippen LogP contribution in [0.15, 0.2) is 30.3 Å². The van der Waals surface area contributed by atoms with Crippen LogP contribution in [-0.4, -0.2) is 11.8 Å². The van der Waals surface area contributed by atoms with Crippen LogP contribution in [0.2, 0.25) is 0 Å². The van der Waals surface area contributed by atoms with Crippen molar-refractivity contribution in [1.82, 2.24) is 5.48 Å². The van der Waals surface area contributed by atoms with Gasteiger partial charge >= 0.3 is 0 Å². The number of hydrogen-bond donors (Lipinski definition) is 1. The molecule has 0 aliphatic rings. The third-order valence-electron chi connectivity index (χ3n) is 1.39. The summed E-state index contributed by atoms with van der Waals surface area (Å²) >= 11 is 5.24. The predicted molar refractivity (Wildman–Crippen MR) is 50.1 cm³/mol. The molecular formula is C9H10ClNO2. The molecule has 0 atom stereocenters. The van der Waals surface area contributed by atoms with Crippen LogP contribution >= 0.6 is 11.6 Å². The first-order chi connectivity index (χ1) is 6.33. The molecular weight excluding hydrogens is 190 g/mol. The van der Waals surface area contributed by atoms with E-state index in [2.05, 4.69) is 5.48 Å². The van der Waals surface area contributed by atoms with Crippen LogP contribution in [-0.2, 0) is 16.2 Å². The van der Waals surface area contributed by atoms with Gasteiger partial charge in [0.05, 0.1) is 6.61 Å². The summed E-state index contributed by atoms with van der Waals surface area (Å²) in [5, 5.41) is 0. The van der Waals surface area contributed by atoms with E-state index in [-0.39, 0.29) is 11.8 Å². The minimum absolute atomic E-state index is 0.0885. The van der Waals surface area contributed by atoms with Gasteiger partial charge in [-0.25, -0.2) is 5.48 Å². The summed E-state index contributed by atoms with van der Waals surface area (Å²) in [6.45, 7) is 0.351. The fourth-order valence-electron chi connectivity index (χ4n) is 0.801. The number of amides is 1. The van der Waals surface area contributed by atoms with Crippen molar-refractivity contribution in [1.29, 1.82) is 0 Å². The van der Waals surface area contributed by atoms with E-state index in [4.69, 9.17) is 16.4 Å². The molecule has 0 saturated carbocycles. The van der Waals surface area contributed by atoms with E-state index in [1.807, 2.05) is 30.3 Å². The number of hydrogen-bond acceptors (Lipinski definition) is 2. The summed E-state index contributed by atoms with van der Waals surface area (Å²) < 4.78 is 0. The maximum Gasteiger partial charge on any atom is 0.258 e. The van der Waals surface area contributed by atoms with E-state index < -0.39 is 0 Å². The molecule has 0 aliphatic carbocycles. The van der Waals surface area contributed by atoms with E-state index >= 15 is 0 Å². The van der Waals surface area contributed by atoms with Gasteiger partial charge in [-0.05, 0) is 5.56 Å². The van der Waals surface area contributed by atoms with Gasteiger partial charge < -0.3 is 0 Å². The van der Waals surface area contributed by atoms with Crippen molar-refractivity contribution in [3.63, 3.8) is 0 Å². The molecule has 0 unspecified atom stereocenters. The topological polar surface area (TPSA) is 38.3 Å². The molecule has 13 heavy (non-hydrogen) atoms. The van der Waals surface area contributed by atoms with E-state index in [1.165, 1.54) is 0 Å². The zero-order valence-electron chi connectivity index (χ0n) is 7.00. The molecule has 4 heteroatoms. The Hall–Kier alpha value is -1.06. The van der Waals surface area contributed by atoms with Crippen LogP contribution in [0.3, 0.4) is 0 Å². The highest BCUT2D eigenvalue weighted by Gasteiger charge is 1.96. The van der Waals surface area contributed by atoms with E-state index in [0.717, 1.165) is 5.56 Å². The molecule has 1 amide bonds. The SMILES string of the molecule is O=C(CCl)NOCc1ccccc1. The lowest BCUT2D eigenvalue weighted by Crippen LogP contribution is -2.24. The van der Waals surface area contributed by atoms with Crippen molar-refractivity contribution in [3.05, 3.63) is 35.9 Å². The molecule has 0 saturated heterocycles. The maximum absolute atomic E-state index is 10.6. The number of carbonyl (C=O) groups excluding carboxylic acids is 1. The average molecular weight is 200 g/mol. The molecule has 70 valence electrons. The number of benzene rings is 1. The fraction of sp³-hybridized carbons (Fsp3) is 0.222. The number of hydroxylamine groups is 1. The van der Waals surface area contributed by atoms with Gasteiger partial charge in [0, 0.05) is 0 Å². The molecule has 0 aliphatic heterocycles. The minimum Gasteiger partial charge on any atom is -0.271 e. The monoisotopic (exact) mass is 199 g/mol. The summed E-state index contributed by atoms with van der Waals surface area (Å²) in [4.78, 5) is 15.5. The molecule has 1 N–H and O–H groups in total. The van der Waals surface area contributed by atoms with Crippen LogP contribution < -0.4 is 5.48 Å². The van der Waals surface area contributed by atoms with Crippen LogP contribution in [0.25, 0.3) is 0 Å². The zero-order valence-corrected chi connectivity index (χ0v) is 7.75. The first kappa shape index (κ1) is 10.0. The highest BCUT2D eigenvalue weighted by Crippen LogP contribution is 1.98. The molecule has 1 rings (SSSR count). The summed E-state index contributed by atoms with van der Waals surface area (Å²) in [5.41, 5.74) is 3.21. The van der Waals surface area contributed by atoms with Crippen molar-refractivity contribution in [3.8, 4) is 0 Å². The number of halogens is 1. The Kier molecular flexibility index (Phi) is 4.29. The Morgan fingerprint density at radius 2 is 2.08 bits per heavy atom. The molecule has 0 aromatic heterocycles. The third-order valence-corrected chi connectivity index (χ3v) is 1.63. The van der Waals surface area contributed by atoms with Crippen LogP contribution in [0, 0.1) is 0 Å². The Bertz CT molecular complexity index is 264. The van der Waals surface area contributed by atoms with Gasteiger partial charge in [0.2, 0.25) is 0 Å². The summed E-state index contributed by atoms with van der Waals surface area (Å²) in [7, 11) is 0. The first-order valence-electron chi connectivity index (χ1n) is 3.83. The Morgan fingerprint density at radius 1 is 1.38 bits per heavy atom. The molecule has 0 fully saturated rings. The van der Waals surface area contributed by atoms with Gasteiger partial charge in [0.1, 0.15) is 5.88 Å². The van der Waals surface area contributed by atoms with Gasteiger partial charge in [-0.3, -0.25) is 9.63 Å². The molecule has 3 nitrogen and oxygen atoms in total. The lowest BCUT2D eigenvalue weighted by Gasteiger charge is -2.03. The molecule has 0 spiro atoms. The summed E-state index contributed by atoms with van der Waals surface area (Å²) in [6, 6.07) is 9.55. The smallest absolute Gasteiger partial charge is 0.258 e. The number of alkyl halides is 1. The van der Waals surface area contributed by atoms with Crippen LogP contribution in [0.4, 0.5) is 0 Å². The average Bonchev–Trinajstić information content (AvgIpc) is 2.19. The molecule has 1 aromatic carbocycles. The van der Waals surface area contributed by atoms with Gasteiger partial charge in [-0.15, -0.1) is 11.6 Å². The maximum atomic E-state index is 10.6.